The van der Waals surface area contributed by atoms with Gasteiger partial charge in [0.1, 0.15) is 0 Å². The van der Waals surface area contributed by atoms with Crippen molar-refractivity contribution in [1.29, 1.82) is 0 Å². The zero-order valence-electron chi connectivity index (χ0n) is 31.4. The van der Waals surface area contributed by atoms with Crippen molar-refractivity contribution in [3.63, 3.8) is 0 Å². The summed E-state index contributed by atoms with van der Waals surface area (Å²) in [6.07, 6.45) is 0. The van der Waals surface area contributed by atoms with Gasteiger partial charge in [-0.2, -0.15) is 0 Å². The minimum absolute atomic E-state index is 0.0308. The van der Waals surface area contributed by atoms with Crippen molar-refractivity contribution in [2.45, 2.75) is 31.6 Å². The lowest BCUT2D eigenvalue weighted by Gasteiger charge is -2.34. The van der Waals surface area contributed by atoms with E-state index in [9.17, 15) is 0 Å². The smallest absolute Gasteiger partial charge is 0.0622 e. The summed E-state index contributed by atoms with van der Waals surface area (Å²) in [5, 5.41) is 5.12. The molecule has 2 aliphatic rings. The van der Waals surface area contributed by atoms with Crippen LogP contribution >= 0.6 is 0 Å². The summed E-state index contributed by atoms with van der Waals surface area (Å²) in [5.74, 6) is 0. The average Bonchev–Trinajstić information content (AvgIpc) is 3.65. The zero-order valence-corrected chi connectivity index (χ0v) is 31.4. The van der Waals surface area contributed by atoms with Gasteiger partial charge in [-0.05, 0) is 118 Å². The predicted molar refractivity (Wildman–Crippen MR) is 232 cm³/mol. The van der Waals surface area contributed by atoms with Crippen LogP contribution in [0.5, 0.6) is 0 Å². The number of hydrogen-bond donors (Lipinski definition) is 0. The normalized spacial score (nSPS) is 14.4. The van der Waals surface area contributed by atoms with Gasteiger partial charge in [0.15, 0.2) is 0 Å². The van der Waals surface area contributed by atoms with E-state index in [1.54, 1.807) is 0 Å². The fourth-order valence-electron chi connectivity index (χ4n) is 10.4. The maximum absolute atomic E-state index is 2.52. The summed E-state index contributed by atoms with van der Waals surface area (Å²) in [5.41, 5.74) is 19.2. The molecule has 0 aliphatic heterocycles. The fourth-order valence-corrected chi connectivity index (χ4v) is 10.4. The first-order valence-corrected chi connectivity index (χ1v) is 19.5. The Bertz CT molecular complexity index is 2960. The molecule has 0 heterocycles. The summed E-state index contributed by atoms with van der Waals surface area (Å²) in [6, 6.07) is 70.9. The molecule has 0 saturated carbocycles. The Kier molecular flexibility index (Phi) is 6.83. The molecule has 0 amide bonds. The van der Waals surface area contributed by atoms with Crippen LogP contribution in [0.2, 0.25) is 0 Å². The van der Waals surface area contributed by atoms with Crippen molar-refractivity contribution in [3.8, 4) is 44.5 Å². The molecular formula is C55H40. The van der Waals surface area contributed by atoms with Crippen LogP contribution in [0.4, 0.5) is 0 Å². The summed E-state index contributed by atoms with van der Waals surface area (Å²) < 4.78 is 0. The molecule has 11 rings (SSSR count). The van der Waals surface area contributed by atoms with Gasteiger partial charge in [0.2, 0.25) is 0 Å². The van der Waals surface area contributed by atoms with Gasteiger partial charge in [-0.15, -0.1) is 0 Å². The Morgan fingerprint density at radius 3 is 1.51 bits per heavy atom. The summed E-state index contributed by atoms with van der Waals surface area (Å²) >= 11 is 0. The molecule has 0 bridgehead atoms. The minimum Gasteiger partial charge on any atom is -0.0622 e. The summed E-state index contributed by atoms with van der Waals surface area (Å²) in [6.45, 7) is 6.94. The van der Waals surface area contributed by atoms with Crippen LogP contribution < -0.4 is 0 Å². The van der Waals surface area contributed by atoms with E-state index in [4.69, 9.17) is 0 Å². The first kappa shape index (κ1) is 32.0. The van der Waals surface area contributed by atoms with Crippen LogP contribution in [0.15, 0.2) is 188 Å². The maximum Gasteiger partial charge on any atom is 0.0713 e. The van der Waals surface area contributed by atoms with Gasteiger partial charge in [-0.25, -0.2) is 0 Å². The largest absolute Gasteiger partial charge is 0.0713 e. The lowest BCUT2D eigenvalue weighted by molar-refractivity contribution is 0.660. The molecule has 0 spiro atoms. The quantitative estimate of drug-likeness (QED) is 0.160. The number of hydrogen-bond acceptors (Lipinski definition) is 0. The topological polar surface area (TPSA) is 0 Å². The Labute approximate surface area is 323 Å². The van der Waals surface area contributed by atoms with Gasteiger partial charge in [-0.1, -0.05) is 195 Å². The molecule has 0 unspecified atom stereocenters. The standard InChI is InChI=1S/C55H40/c1-35-26-29-45-47(32-35)53(36-28-31-49-46(33-36)41-21-12-14-24-48(41)54(49,2)3)44-23-11-10-22-43(44)52(45)37-27-30-42-40-20-13-15-25-50(40)55(51(42)34-37,38-16-6-4-7-17-38)39-18-8-5-9-19-39/h4-34H,1-3H3. The molecule has 9 aromatic rings. The first-order valence-electron chi connectivity index (χ1n) is 19.5. The van der Waals surface area contributed by atoms with E-state index < -0.39 is 5.41 Å². The van der Waals surface area contributed by atoms with Crippen LogP contribution in [0.25, 0.3) is 66.1 Å². The van der Waals surface area contributed by atoms with Crippen molar-refractivity contribution in [3.05, 3.63) is 227 Å². The van der Waals surface area contributed by atoms with Gasteiger partial charge < -0.3 is 0 Å². The van der Waals surface area contributed by atoms with Crippen molar-refractivity contribution in [1.82, 2.24) is 0 Å². The monoisotopic (exact) mass is 700 g/mol. The minimum atomic E-state index is -0.457. The molecular weight excluding hydrogens is 661 g/mol. The van der Waals surface area contributed by atoms with Crippen molar-refractivity contribution < 1.29 is 0 Å². The Morgan fingerprint density at radius 1 is 0.327 bits per heavy atom. The van der Waals surface area contributed by atoms with E-state index >= 15 is 0 Å². The molecule has 0 nitrogen and oxygen atoms in total. The molecule has 0 radical (unpaired) electrons. The highest BCUT2D eigenvalue weighted by Crippen LogP contribution is 2.57. The lowest BCUT2D eigenvalue weighted by Crippen LogP contribution is -2.28. The third-order valence-electron chi connectivity index (χ3n) is 12.8. The number of fused-ring (bicyclic) bond motifs is 8. The second kappa shape index (κ2) is 11.7. The number of aryl methyl sites for hydroxylation is 1. The van der Waals surface area contributed by atoms with E-state index in [0.717, 1.165) is 0 Å². The molecule has 55 heavy (non-hydrogen) atoms. The van der Waals surface area contributed by atoms with Gasteiger partial charge in [0, 0.05) is 5.41 Å². The molecule has 0 atom stereocenters. The molecule has 0 aromatic heterocycles. The predicted octanol–water partition coefficient (Wildman–Crippen LogP) is 14.3. The van der Waals surface area contributed by atoms with E-state index in [1.807, 2.05) is 0 Å². The van der Waals surface area contributed by atoms with Crippen LogP contribution in [0, 0.1) is 6.92 Å². The molecule has 2 aliphatic carbocycles. The molecule has 260 valence electrons. The SMILES string of the molecule is Cc1ccc2c(-c3ccc4c(c3)C(c3ccccc3)(c3ccccc3)c3ccccc3-4)c3ccccc3c(-c3ccc4c(c3)-c3ccccc3C4(C)C)c2c1. The molecule has 9 aromatic carbocycles. The van der Waals surface area contributed by atoms with Gasteiger partial charge >= 0.3 is 0 Å². The van der Waals surface area contributed by atoms with Gasteiger partial charge in [-0.3, -0.25) is 0 Å². The zero-order chi connectivity index (χ0) is 36.9. The average molecular weight is 701 g/mol. The van der Waals surface area contributed by atoms with Crippen molar-refractivity contribution >= 4 is 21.5 Å². The van der Waals surface area contributed by atoms with Gasteiger partial charge in [0.25, 0.3) is 0 Å². The molecule has 0 heteroatoms. The van der Waals surface area contributed by atoms with E-state index in [1.165, 1.54) is 105 Å². The highest BCUT2D eigenvalue weighted by Gasteiger charge is 2.46. The van der Waals surface area contributed by atoms with Crippen LogP contribution in [-0.2, 0) is 10.8 Å². The summed E-state index contributed by atoms with van der Waals surface area (Å²) in [7, 11) is 0. The van der Waals surface area contributed by atoms with Crippen LogP contribution in [0.3, 0.4) is 0 Å². The summed E-state index contributed by atoms with van der Waals surface area (Å²) in [4.78, 5) is 0. The van der Waals surface area contributed by atoms with E-state index in [-0.39, 0.29) is 5.41 Å². The van der Waals surface area contributed by atoms with Gasteiger partial charge in [0.05, 0.1) is 5.41 Å². The Balaban J connectivity index is 1.21. The maximum atomic E-state index is 2.52. The molecule has 0 saturated heterocycles. The van der Waals surface area contributed by atoms with Crippen LogP contribution in [-0.4, -0.2) is 0 Å². The Hall–Kier alpha value is -6.50. The second-order valence-corrected chi connectivity index (χ2v) is 16.1. The molecule has 0 fully saturated rings. The fraction of sp³-hybridized carbons (Fsp3) is 0.0909. The third kappa shape index (κ3) is 4.40. The van der Waals surface area contributed by atoms with Crippen LogP contribution in [0.1, 0.15) is 52.8 Å². The number of benzene rings is 9. The van der Waals surface area contributed by atoms with E-state index in [0.29, 0.717) is 0 Å². The second-order valence-electron chi connectivity index (χ2n) is 16.1. The lowest BCUT2D eigenvalue weighted by atomic mass is 9.67. The highest BCUT2D eigenvalue weighted by atomic mass is 14.5. The molecule has 0 N–H and O–H groups in total. The Morgan fingerprint density at radius 2 is 0.818 bits per heavy atom. The van der Waals surface area contributed by atoms with Crippen molar-refractivity contribution in [2.75, 3.05) is 0 Å². The van der Waals surface area contributed by atoms with Crippen molar-refractivity contribution in [2.24, 2.45) is 0 Å². The van der Waals surface area contributed by atoms with E-state index in [2.05, 4.69) is 209 Å². The first-order chi connectivity index (χ1) is 27.0. The number of rotatable bonds is 4. The third-order valence-corrected chi connectivity index (χ3v) is 12.8. The highest BCUT2D eigenvalue weighted by molar-refractivity contribution is 6.22.